The first-order valence-electron chi connectivity index (χ1n) is 10.6. The molecule has 1 aromatic heterocycles. The monoisotopic (exact) mass is 409 g/mol. The SMILES string of the molecule is CCc1c(C(=O)N(C)Cc2ccc(C)cc2)c(-c2ccccc2)nn1-c1ccccc1. The molecule has 156 valence electrons. The minimum absolute atomic E-state index is 0.0153. The Morgan fingerprint density at radius 3 is 2.13 bits per heavy atom. The summed E-state index contributed by atoms with van der Waals surface area (Å²) in [5, 5.41) is 4.91. The van der Waals surface area contributed by atoms with Gasteiger partial charge in [-0.25, -0.2) is 4.68 Å². The van der Waals surface area contributed by atoms with Crippen LogP contribution < -0.4 is 0 Å². The van der Waals surface area contributed by atoms with Crippen LogP contribution in [0, 0.1) is 6.92 Å². The van der Waals surface area contributed by atoms with Crippen molar-refractivity contribution in [3.63, 3.8) is 0 Å². The van der Waals surface area contributed by atoms with Crippen LogP contribution in [-0.4, -0.2) is 27.6 Å². The lowest BCUT2D eigenvalue weighted by atomic mass is 10.0. The van der Waals surface area contributed by atoms with Gasteiger partial charge in [-0.1, -0.05) is 85.3 Å². The predicted octanol–water partition coefficient (Wildman–Crippen LogP) is 5.68. The molecule has 0 unspecified atom stereocenters. The minimum Gasteiger partial charge on any atom is -0.337 e. The summed E-state index contributed by atoms with van der Waals surface area (Å²) in [4.78, 5) is 15.5. The van der Waals surface area contributed by atoms with Gasteiger partial charge in [-0.2, -0.15) is 5.10 Å². The number of carbonyl (C=O) groups excluding carboxylic acids is 1. The average molecular weight is 410 g/mol. The Morgan fingerprint density at radius 1 is 0.903 bits per heavy atom. The molecular weight excluding hydrogens is 382 g/mol. The van der Waals surface area contributed by atoms with Crippen LogP contribution >= 0.6 is 0 Å². The van der Waals surface area contributed by atoms with Crippen molar-refractivity contribution < 1.29 is 4.79 Å². The van der Waals surface area contributed by atoms with Crippen LogP contribution in [0.25, 0.3) is 16.9 Å². The number of hydrogen-bond donors (Lipinski definition) is 0. The predicted molar refractivity (Wildman–Crippen MR) is 125 cm³/mol. The van der Waals surface area contributed by atoms with Crippen molar-refractivity contribution >= 4 is 5.91 Å². The van der Waals surface area contributed by atoms with E-state index in [0.717, 1.165) is 28.2 Å². The molecule has 4 aromatic rings. The van der Waals surface area contributed by atoms with E-state index in [1.807, 2.05) is 72.4 Å². The van der Waals surface area contributed by atoms with Crippen LogP contribution in [0.5, 0.6) is 0 Å². The van der Waals surface area contributed by atoms with Crippen molar-refractivity contribution in [2.24, 2.45) is 0 Å². The second-order valence-corrected chi connectivity index (χ2v) is 7.78. The Bertz CT molecular complexity index is 1160. The third-order valence-electron chi connectivity index (χ3n) is 5.46. The van der Waals surface area contributed by atoms with Crippen molar-refractivity contribution in [1.82, 2.24) is 14.7 Å². The summed E-state index contributed by atoms with van der Waals surface area (Å²) in [6, 6.07) is 28.3. The first-order valence-corrected chi connectivity index (χ1v) is 10.6. The van der Waals surface area contributed by atoms with Crippen LogP contribution in [0.4, 0.5) is 0 Å². The van der Waals surface area contributed by atoms with Gasteiger partial charge >= 0.3 is 0 Å². The fourth-order valence-corrected chi connectivity index (χ4v) is 3.82. The first-order chi connectivity index (χ1) is 15.1. The Balaban J connectivity index is 1.80. The van der Waals surface area contributed by atoms with Gasteiger partial charge in [-0.05, 0) is 31.0 Å². The molecule has 0 saturated carbocycles. The van der Waals surface area contributed by atoms with E-state index in [1.165, 1.54) is 5.56 Å². The lowest BCUT2D eigenvalue weighted by Gasteiger charge is -2.18. The molecule has 0 fully saturated rings. The van der Waals surface area contributed by atoms with Crippen molar-refractivity contribution in [3.8, 4) is 16.9 Å². The number of aryl methyl sites for hydroxylation is 1. The number of benzene rings is 3. The number of hydrogen-bond acceptors (Lipinski definition) is 2. The average Bonchev–Trinajstić information content (AvgIpc) is 3.21. The number of rotatable bonds is 6. The fraction of sp³-hybridized carbons (Fsp3) is 0.185. The van der Waals surface area contributed by atoms with Crippen LogP contribution in [0.1, 0.15) is 34.1 Å². The van der Waals surface area contributed by atoms with Gasteiger partial charge in [-0.3, -0.25) is 4.79 Å². The van der Waals surface area contributed by atoms with Crippen molar-refractivity contribution in [1.29, 1.82) is 0 Å². The van der Waals surface area contributed by atoms with E-state index in [9.17, 15) is 4.79 Å². The maximum absolute atomic E-state index is 13.7. The van der Waals surface area contributed by atoms with Crippen LogP contribution in [0.3, 0.4) is 0 Å². The summed E-state index contributed by atoms with van der Waals surface area (Å²) < 4.78 is 1.91. The fourth-order valence-electron chi connectivity index (χ4n) is 3.82. The van der Waals surface area contributed by atoms with Crippen molar-refractivity contribution in [2.75, 3.05) is 7.05 Å². The molecule has 0 spiro atoms. The summed E-state index contributed by atoms with van der Waals surface area (Å²) in [5.41, 5.74) is 6.54. The standard InChI is InChI=1S/C27H27N3O/c1-4-24-25(27(31)29(3)19-21-17-15-20(2)16-18-21)26(22-11-7-5-8-12-22)28-30(24)23-13-9-6-10-14-23/h5-18H,4,19H2,1-3H3. The Morgan fingerprint density at radius 2 is 1.52 bits per heavy atom. The molecule has 0 saturated heterocycles. The Labute approximate surface area is 183 Å². The molecule has 4 rings (SSSR count). The smallest absolute Gasteiger partial charge is 0.258 e. The van der Waals surface area contributed by atoms with Gasteiger partial charge in [0.05, 0.1) is 16.9 Å². The van der Waals surface area contributed by atoms with Crippen molar-refractivity contribution in [2.45, 2.75) is 26.8 Å². The molecule has 0 N–H and O–H groups in total. The molecule has 0 aliphatic rings. The third kappa shape index (κ3) is 4.29. The molecule has 3 aromatic carbocycles. The molecule has 0 radical (unpaired) electrons. The molecule has 0 aliphatic heterocycles. The lowest BCUT2D eigenvalue weighted by Crippen LogP contribution is -2.27. The van der Waals surface area contributed by atoms with Gasteiger partial charge in [0.1, 0.15) is 5.69 Å². The van der Waals surface area contributed by atoms with E-state index < -0.39 is 0 Å². The quantitative estimate of drug-likeness (QED) is 0.411. The van der Waals surface area contributed by atoms with Crippen LogP contribution in [0.2, 0.25) is 0 Å². The number of nitrogens with zero attached hydrogens (tertiary/aromatic N) is 3. The highest BCUT2D eigenvalue weighted by atomic mass is 16.2. The van der Waals surface area contributed by atoms with Gasteiger partial charge in [0.15, 0.2) is 0 Å². The zero-order chi connectivity index (χ0) is 21.8. The molecule has 1 amide bonds. The highest BCUT2D eigenvalue weighted by Gasteiger charge is 2.26. The molecule has 4 nitrogen and oxygen atoms in total. The summed E-state index contributed by atoms with van der Waals surface area (Å²) in [5.74, 6) is -0.0153. The summed E-state index contributed by atoms with van der Waals surface area (Å²) in [7, 11) is 1.86. The number of amides is 1. The minimum atomic E-state index is -0.0153. The zero-order valence-corrected chi connectivity index (χ0v) is 18.2. The van der Waals surface area contributed by atoms with E-state index >= 15 is 0 Å². The van der Waals surface area contributed by atoms with Gasteiger partial charge in [0, 0.05) is 19.2 Å². The van der Waals surface area contributed by atoms with Crippen molar-refractivity contribution in [3.05, 3.63) is 107 Å². The van der Waals surface area contributed by atoms with E-state index in [-0.39, 0.29) is 5.91 Å². The lowest BCUT2D eigenvalue weighted by molar-refractivity contribution is 0.0784. The van der Waals surface area contributed by atoms with Crippen LogP contribution in [0.15, 0.2) is 84.9 Å². The first kappa shape index (κ1) is 20.6. The molecule has 31 heavy (non-hydrogen) atoms. The second kappa shape index (κ2) is 9.00. The number of para-hydroxylation sites is 1. The molecular formula is C27H27N3O. The van der Waals surface area contributed by atoms with Gasteiger partial charge < -0.3 is 4.90 Å². The van der Waals surface area contributed by atoms with Gasteiger partial charge in [0.2, 0.25) is 0 Å². The molecule has 4 heteroatoms. The van der Waals surface area contributed by atoms with Gasteiger partial charge in [0.25, 0.3) is 5.91 Å². The molecule has 0 aliphatic carbocycles. The number of carbonyl (C=O) groups is 1. The Hall–Kier alpha value is -3.66. The van der Waals surface area contributed by atoms with E-state index in [2.05, 4.69) is 38.1 Å². The highest BCUT2D eigenvalue weighted by Crippen LogP contribution is 2.29. The molecule has 0 bridgehead atoms. The summed E-state index contributed by atoms with van der Waals surface area (Å²) in [6.45, 7) is 4.69. The largest absolute Gasteiger partial charge is 0.337 e. The Kier molecular flexibility index (Phi) is 5.99. The second-order valence-electron chi connectivity index (χ2n) is 7.78. The van der Waals surface area contributed by atoms with Gasteiger partial charge in [-0.15, -0.1) is 0 Å². The van der Waals surface area contributed by atoms with E-state index in [0.29, 0.717) is 18.5 Å². The van der Waals surface area contributed by atoms with E-state index in [1.54, 1.807) is 4.90 Å². The zero-order valence-electron chi connectivity index (χ0n) is 18.2. The molecule has 0 atom stereocenters. The maximum atomic E-state index is 13.7. The number of aromatic nitrogens is 2. The maximum Gasteiger partial charge on any atom is 0.258 e. The topological polar surface area (TPSA) is 38.1 Å². The normalized spacial score (nSPS) is 10.8. The summed E-state index contributed by atoms with van der Waals surface area (Å²) in [6.07, 6.45) is 0.703. The van der Waals surface area contributed by atoms with Crippen LogP contribution in [-0.2, 0) is 13.0 Å². The summed E-state index contributed by atoms with van der Waals surface area (Å²) >= 11 is 0. The van der Waals surface area contributed by atoms with E-state index in [4.69, 9.17) is 5.10 Å². The third-order valence-corrected chi connectivity index (χ3v) is 5.46. The highest BCUT2D eigenvalue weighted by molar-refractivity contribution is 6.01. The molecule has 1 heterocycles.